The Bertz CT molecular complexity index is 720. The number of hydrogen-bond acceptors (Lipinski definition) is 5. The van der Waals surface area contributed by atoms with Crippen molar-refractivity contribution in [2.24, 2.45) is 5.92 Å². The van der Waals surface area contributed by atoms with Crippen LogP contribution in [0.5, 0.6) is 5.75 Å². The maximum Gasteiger partial charge on any atom is 0.251 e. The van der Waals surface area contributed by atoms with Gasteiger partial charge in [-0.1, -0.05) is 12.1 Å². The van der Waals surface area contributed by atoms with E-state index in [1.807, 2.05) is 12.1 Å². The van der Waals surface area contributed by atoms with Gasteiger partial charge in [-0.25, -0.2) is 4.98 Å². The molecule has 0 spiro atoms. The van der Waals surface area contributed by atoms with Crippen LogP contribution in [0.1, 0.15) is 22.3 Å². The zero-order valence-corrected chi connectivity index (χ0v) is 13.5. The third-order valence-corrected chi connectivity index (χ3v) is 4.28. The van der Waals surface area contributed by atoms with Crippen molar-refractivity contribution in [3.63, 3.8) is 0 Å². The maximum absolute atomic E-state index is 12.1. The Hall–Kier alpha value is -2.60. The summed E-state index contributed by atoms with van der Waals surface area (Å²) in [5, 5.41) is 12.5. The minimum absolute atomic E-state index is 0.115. The third-order valence-electron chi connectivity index (χ3n) is 4.28. The molecule has 0 aliphatic carbocycles. The van der Waals surface area contributed by atoms with Crippen molar-refractivity contribution in [1.29, 1.82) is 0 Å². The molecule has 1 aromatic carbocycles. The lowest BCUT2D eigenvalue weighted by Gasteiger charge is -2.16. The highest BCUT2D eigenvalue weighted by Crippen LogP contribution is 2.20. The van der Waals surface area contributed by atoms with Gasteiger partial charge in [0.2, 0.25) is 0 Å². The minimum atomic E-state index is -0.115. The summed E-state index contributed by atoms with van der Waals surface area (Å²) >= 11 is 0. The fourth-order valence-corrected chi connectivity index (χ4v) is 3.06. The molecular weight excluding hydrogens is 304 g/mol. The van der Waals surface area contributed by atoms with Gasteiger partial charge >= 0.3 is 0 Å². The summed E-state index contributed by atoms with van der Waals surface area (Å²) in [6, 6.07) is 10.6. The Balaban J connectivity index is 1.47. The SMILES string of the molecule is Nc1cc(C(=O)NCC2CCN(Cc3cccc(O)c3)C2)ccn1. The number of nitrogen functional groups attached to an aromatic ring is 1. The van der Waals surface area contributed by atoms with Crippen LogP contribution in [-0.2, 0) is 6.54 Å². The summed E-state index contributed by atoms with van der Waals surface area (Å²) in [5.41, 5.74) is 7.24. The van der Waals surface area contributed by atoms with Crippen LogP contribution in [-0.4, -0.2) is 40.5 Å². The molecule has 0 bridgehead atoms. The van der Waals surface area contributed by atoms with Gasteiger partial charge in [-0.05, 0) is 48.7 Å². The number of nitrogens with two attached hydrogens (primary N) is 1. The number of pyridine rings is 1. The van der Waals surface area contributed by atoms with Crippen LogP contribution in [0, 0.1) is 5.92 Å². The highest BCUT2D eigenvalue weighted by atomic mass is 16.3. The number of nitrogens with zero attached hydrogens (tertiary/aromatic N) is 2. The van der Waals surface area contributed by atoms with Gasteiger partial charge in [-0.15, -0.1) is 0 Å². The molecule has 1 aromatic heterocycles. The lowest BCUT2D eigenvalue weighted by atomic mass is 10.1. The first-order chi connectivity index (χ1) is 11.6. The Morgan fingerprint density at radius 2 is 2.25 bits per heavy atom. The van der Waals surface area contributed by atoms with Gasteiger partial charge in [0.05, 0.1) is 0 Å². The minimum Gasteiger partial charge on any atom is -0.508 e. The van der Waals surface area contributed by atoms with E-state index >= 15 is 0 Å². The number of carbonyl (C=O) groups is 1. The molecule has 0 radical (unpaired) electrons. The predicted octanol–water partition coefficient (Wildman–Crippen LogP) is 1.62. The standard InChI is InChI=1S/C18H22N4O2/c19-17-9-15(4-6-20-17)18(24)21-10-14-5-7-22(12-14)11-13-2-1-3-16(23)8-13/h1-4,6,8-9,14,23H,5,7,10-12H2,(H2,19,20)(H,21,24). The average molecular weight is 326 g/mol. The van der Waals surface area contributed by atoms with E-state index in [1.165, 1.54) is 6.20 Å². The van der Waals surface area contributed by atoms with Crippen molar-refractivity contribution < 1.29 is 9.90 Å². The molecule has 4 N–H and O–H groups in total. The number of aromatic nitrogens is 1. The largest absolute Gasteiger partial charge is 0.508 e. The van der Waals surface area contributed by atoms with E-state index in [-0.39, 0.29) is 5.91 Å². The number of likely N-dealkylation sites (tertiary alicyclic amines) is 1. The lowest BCUT2D eigenvalue weighted by Crippen LogP contribution is -2.31. The first-order valence-corrected chi connectivity index (χ1v) is 8.10. The molecule has 6 heteroatoms. The van der Waals surface area contributed by atoms with Crippen LogP contribution < -0.4 is 11.1 Å². The highest BCUT2D eigenvalue weighted by Gasteiger charge is 2.23. The van der Waals surface area contributed by atoms with Crippen molar-refractivity contribution in [1.82, 2.24) is 15.2 Å². The van der Waals surface area contributed by atoms with E-state index in [0.29, 0.717) is 29.6 Å². The Labute approximate surface area is 141 Å². The maximum atomic E-state index is 12.1. The Morgan fingerprint density at radius 1 is 1.38 bits per heavy atom. The number of rotatable bonds is 5. The number of hydrogen-bond donors (Lipinski definition) is 3. The summed E-state index contributed by atoms with van der Waals surface area (Å²) in [5.74, 6) is 0.967. The van der Waals surface area contributed by atoms with E-state index in [4.69, 9.17) is 5.73 Å². The number of benzene rings is 1. The molecule has 1 amide bonds. The number of aromatic hydroxyl groups is 1. The molecule has 1 unspecified atom stereocenters. The number of anilines is 1. The molecule has 1 saturated heterocycles. The fraction of sp³-hybridized carbons (Fsp3) is 0.333. The number of phenolic OH excluding ortho intramolecular Hbond substituents is 1. The van der Waals surface area contributed by atoms with Gasteiger partial charge in [-0.3, -0.25) is 9.69 Å². The monoisotopic (exact) mass is 326 g/mol. The summed E-state index contributed by atoms with van der Waals surface area (Å²) < 4.78 is 0. The second-order valence-electron chi connectivity index (χ2n) is 6.24. The first-order valence-electron chi connectivity index (χ1n) is 8.10. The number of phenols is 1. The van der Waals surface area contributed by atoms with E-state index in [9.17, 15) is 9.90 Å². The van der Waals surface area contributed by atoms with Crippen molar-refractivity contribution in [2.45, 2.75) is 13.0 Å². The van der Waals surface area contributed by atoms with E-state index in [2.05, 4.69) is 15.2 Å². The van der Waals surface area contributed by atoms with Gasteiger partial charge in [0, 0.05) is 31.4 Å². The van der Waals surface area contributed by atoms with Gasteiger partial charge in [0.15, 0.2) is 0 Å². The van der Waals surface area contributed by atoms with Crippen molar-refractivity contribution >= 4 is 11.7 Å². The van der Waals surface area contributed by atoms with Gasteiger partial charge < -0.3 is 16.2 Å². The summed E-state index contributed by atoms with van der Waals surface area (Å²) in [4.78, 5) is 18.4. The predicted molar refractivity (Wildman–Crippen MR) is 92.5 cm³/mol. The van der Waals surface area contributed by atoms with E-state index in [1.54, 1.807) is 24.3 Å². The molecule has 1 aliphatic heterocycles. The molecule has 1 atom stereocenters. The van der Waals surface area contributed by atoms with E-state index < -0.39 is 0 Å². The van der Waals surface area contributed by atoms with Crippen LogP contribution in [0.15, 0.2) is 42.6 Å². The summed E-state index contributed by atoms with van der Waals surface area (Å²) in [7, 11) is 0. The average Bonchev–Trinajstić information content (AvgIpc) is 3.00. The molecule has 3 rings (SSSR count). The topological polar surface area (TPSA) is 91.5 Å². The molecule has 0 saturated carbocycles. The molecule has 24 heavy (non-hydrogen) atoms. The number of carbonyl (C=O) groups excluding carboxylic acids is 1. The summed E-state index contributed by atoms with van der Waals surface area (Å²) in [6.07, 6.45) is 2.59. The van der Waals surface area contributed by atoms with Gasteiger partial charge in [0.1, 0.15) is 11.6 Å². The second kappa shape index (κ2) is 7.31. The molecular formula is C18H22N4O2. The van der Waals surface area contributed by atoms with Gasteiger partial charge in [-0.2, -0.15) is 0 Å². The van der Waals surface area contributed by atoms with Crippen LogP contribution in [0.4, 0.5) is 5.82 Å². The number of nitrogens with one attached hydrogen (secondary N) is 1. The van der Waals surface area contributed by atoms with Crippen LogP contribution in [0.2, 0.25) is 0 Å². The highest BCUT2D eigenvalue weighted by molar-refractivity contribution is 5.94. The Morgan fingerprint density at radius 3 is 3.04 bits per heavy atom. The van der Waals surface area contributed by atoms with Crippen LogP contribution >= 0.6 is 0 Å². The summed E-state index contributed by atoms with van der Waals surface area (Å²) in [6.45, 7) is 3.41. The lowest BCUT2D eigenvalue weighted by molar-refractivity contribution is 0.0947. The molecule has 2 aromatic rings. The van der Waals surface area contributed by atoms with Crippen LogP contribution in [0.25, 0.3) is 0 Å². The van der Waals surface area contributed by atoms with Crippen LogP contribution in [0.3, 0.4) is 0 Å². The normalized spacial score (nSPS) is 17.8. The first kappa shape index (κ1) is 16.3. The molecule has 1 aliphatic rings. The molecule has 1 fully saturated rings. The van der Waals surface area contributed by atoms with E-state index in [0.717, 1.165) is 31.6 Å². The number of amides is 1. The second-order valence-corrected chi connectivity index (χ2v) is 6.24. The molecule has 2 heterocycles. The zero-order valence-electron chi connectivity index (χ0n) is 13.5. The fourth-order valence-electron chi connectivity index (χ4n) is 3.06. The molecule has 6 nitrogen and oxygen atoms in total. The smallest absolute Gasteiger partial charge is 0.251 e. The Kier molecular flexibility index (Phi) is 4.96. The van der Waals surface area contributed by atoms with Crippen molar-refractivity contribution in [3.05, 3.63) is 53.7 Å². The molecule has 126 valence electrons. The van der Waals surface area contributed by atoms with Crippen molar-refractivity contribution in [3.8, 4) is 5.75 Å². The zero-order chi connectivity index (χ0) is 16.9. The van der Waals surface area contributed by atoms with Crippen molar-refractivity contribution in [2.75, 3.05) is 25.4 Å². The quantitative estimate of drug-likeness (QED) is 0.776. The van der Waals surface area contributed by atoms with Gasteiger partial charge in [0.25, 0.3) is 5.91 Å². The third kappa shape index (κ3) is 4.23.